The molecule has 0 aromatic rings. The maximum atomic E-state index is 14.5. The van der Waals surface area contributed by atoms with Crippen LogP contribution in [-0.2, 0) is 57.1 Å². The van der Waals surface area contributed by atoms with E-state index in [0.29, 0.717) is 57.8 Å². The number of piperidine rings is 1. The molecule has 0 aromatic carbocycles. The van der Waals surface area contributed by atoms with Crippen molar-refractivity contribution in [3.05, 3.63) is 47.6 Å². The van der Waals surface area contributed by atoms with E-state index in [1.807, 2.05) is 51.2 Å². The molecule has 16 atom stereocenters. The molecule has 3 heterocycles. The molecule has 1 amide bonds. The van der Waals surface area contributed by atoms with Crippen LogP contribution in [0.1, 0.15) is 126 Å². The van der Waals surface area contributed by atoms with Gasteiger partial charge in [-0.25, -0.2) is 9.59 Å². The third kappa shape index (κ3) is 17.2. The lowest BCUT2D eigenvalue weighted by Crippen LogP contribution is -2.61. The molecule has 412 valence electrons. The number of ketones is 3. The van der Waals surface area contributed by atoms with E-state index >= 15 is 0 Å². The van der Waals surface area contributed by atoms with Crippen molar-refractivity contribution < 1.29 is 82.4 Å². The zero-order valence-corrected chi connectivity index (χ0v) is 44.8. The van der Waals surface area contributed by atoms with Crippen LogP contribution in [0.4, 0.5) is 4.79 Å². The Morgan fingerprint density at radius 2 is 1.60 bits per heavy atom. The number of esters is 1. The predicted octanol–water partition coefficient (Wildman–Crippen LogP) is 5.69. The van der Waals surface area contributed by atoms with Crippen molar-refractivity contribution in [3.63, 3.8) is 0 Å². The molecule has 2 saturated heterocycles. The van der Waals surface area contributed by atoms with Gasteiger partial charge < -0.3 is 58.5 Å². The van der Waals surface area contributed by atoms with E-state index < -0.39 is 121 Å². The van der Waals surface area contributed by atoms with Crippen molar-refractivity contribution in [2.45, 2.75) is 186 Å². The lowest BCUT2D eigenvalue weighted by atomic mass is 9.78. The molecule has 4 N–H and O–H groups in total. The highest BCUT2D eigenvalue weighted by Gasteiger charge is 2.53. The smallest absolute Gasteiger partial charge is 0.460 e. The summed E-state index contributed by atoms with van der Waals surface area (Å²) in [7, 11) is 4.40. The number of ether oxygens (including phenoxy) is 7. The van der Waals surface area contributed by atoms with Crippen molar-refractivity contribution in [1.29, 1.82) is 0 Å². The number of cyclic esters (lactones) is 1. The van der Waals surface area contributed by atoms with E-state index in [4.69, 9.17) is 33.2 Å². The molecule has 18 nitrogen and oxygen atoms in total. The number of nitrogens with zero attached hydrogens (tertiary/aromatic N) is 1. The second-order valence-electron chi connectivity index (χ2n) is 21.1. The highest BCUT2D eigenvalue weighted by atomic mass is 16.7. The zero-order chi connectivity index (χ0) is 54.2. The van der Waals surface area contributed by atoms with E-state index in [1.165, 1.54) is 7.11 Å². The Morgan fingerprint density at radius 3 is 2.27 bits per heavy atom. The monoisotopic (exact) mass is 1030 g/mol. The number of Topliss-reactive ketones (excluding diaryl/α,β-unsaturated/α-hetero) is 3. The van der Waals surface area contributed by atoms with Crippen LogP contribution in [0.15, 0.2) is 47.6 Å². The van der Waals surface area contributed by atoms with Gasteiger partial charge in [0, 0.05) is 58.5 Å². The Kier molecular flexibility index (Phi) is 24.6. The van der Waals surface area contributed by atoms with Gasteiger partial charge in [-0.05, 0) is 107 Å². The summed E-state index contributed by atoms with van der Waals surface area (Å²) in [6.07, 6.45) is 7.05. The lowest BCUT2D eigenvalue weighted by Gasteiger charge is -2.42. The second kappa shape index (κ2) is 29.2. The topological polar surface area (TPSA) is 251 Å². The molecule has 0 spiro atoms. The minimum absolute atomic E-state index is 0.0429. The number of allylic oxidation sites excluding steroid dienone is 6. The number of aliphatic hydroxyl groups excluding tert-OH is 3. The number of methoxy groups -OCH3 is 3. The highest BCUT2D eigenvalue weighted by molar-refractivity contribution is 6.39. The van der Waals surface area contributed by atoms with E-state index in [2.05, 4.69) is 0 Å². The fraction of sp³-hybridized carbons (Fsp3) is 0.745. The van der Waals surface area contributed by atoms with Gasteiger partial charge in [-0.3, -0.25) is 19.2 Å². The first-order valence-corrected chi connectivity index (χ1v) is 26.2. The highest BCUT2D eigenvalue weighted by Crippen LogP contribution is 2.38. The number of rotatable bonds is 10. The van der Waals surface area contributed by atoms with E-state index in [9.17, 15) is 49.2 Å². The van der Waals surface area contributed by atoms with Crippen LogP contribution >= 0.6 is 0 Å². The molecule has 4 rings (SSSR count). The first-order chi connectivity index (χ1) is 34.6. The van der Waals surface area contributed by atoms with Gasteiger partial charge in [-0.15, -0.1) is 0 Å². The molecule has 1 aliphatic carbocycles. The lowest BCUT2D eigenvalue weighted by molar-refractivity contribution is -0.265. The summed E-state index contributed by atoms with van der Waals surface area (Å²) in [5.74, 6) is -8.98. The van der Waals surface area contributed by atoms with Crippen molar-refractivity contribution in [2.75, 3.05) is 41.1 Å². The summed E-state index contributed by atoms with van der Waals surface area (Å²) in [6, 6.07) is -1.20. The molecular formula is C55H85NO17. The van der Waals surface area contributed by atoms with Gasteiger partial charge in [-0.1, -0.05) is 71.1 Å². The zero-order valence-electron chi connectivity index (χ0n) is 44.8. The third-order valence-electron chi connectivity index (χ3n) is 15.3. The Morgan fingerprint density at radius 1 is 0.877 bits per heavy atom. The predicted molar refractivity (Wildman–Crippen MR) is 268 cm³/mol. The average molecular weight is 1030 g/mol. The molecule has 73 heavy (non-hydrogen) atoms. The largest absolute Gasteiger partial charge is 0.509 e. The SMILES string of the molecule is CO[C@H]1CC2CC[C@@H](C)[C@@](O)(O2)C(=O)C(=O)N2CCCCC2C(=O)O[C@H]([C@H](C)C[C@@H]2CC[C@@H](O)[C@H](OC)C2)CC(=O)[C@H](C)C=C(C)[C@@H](OC(=O)OCC(O)CO)[C@@H](OC)C(=O)[C@H](C)C[C@H](C)C=CC=CC=C1C. The number of fused-ring (bicyclic) bond motifs is 3. The molecule has 0 aromatic heterocycles. The second-order valence-corrected chi connectivity index (χ2v) is 21.1. The summed E-state index contributed by atoms with van der Waals surface area (Å²) in [4.78, 5) is 86.1. The minimum Gasteiger partial charge on any atom is -0.460 e. The number of aliphatic hydroxyl groups is 4. The number of hydrogen-bond acceptors (Lipinski definition) is 17. The molecule has 3 unspecified atom stereocenters. The Labute approximate surface area is 431 Å². The third-order valence-corrected chi connectivity index (χ3v) is 15.3. The van der Waals surface area contributed by atoms with Crippen LogP contribution in [0.3, 0.4) is 0 Å². The van der Waals surface area contributed by atoms with E-state index in [1.54, 1.807) is 48.0 Å². The Bertz CT molecular complexity index is 1980. The minimum atomic E-state index is -2.47. The number of amides is 1. The molecule has 4 aliphatic rings. The van der Waals surface area contributed by atoms with Crippen molar-refractivity contribution in [2.24, 2.45) is 35.5 Å². The molecule has 3 aliphatic heterocycles. The van der Waals surface area contributed by atoms with Gasteiger partial charge in [0.2, 0.25) is 5.79 Å². The number of hydrogen-bond donors (Lipinski definition) is 4. The molecule has 2 bridgehead atoms. The molecular weight excluding hydrogens is 947 g/mol. The Balaban J connectivity index is 1.77. The van der Waals surface area contributed by atoms with E-state index in [0.717, 1.165) is 10.5 Å². The summed E-state index contributed by atoms with van der Waals surface area (Å²) in [5.41, 5.74) is 1.11. The summed E-state index contributed by atoms with van der Waals surface area (Å²) in [6.45, 7) is 11.1. The standard InChI is InChI=1S/C55H85NO17/c1-32-16-12-11-13-17-33(2)45(67-8)28-41-21-19-38(7)55(66,73-41)51(62)52(63)56-23-15-14-18-42(56)53(64)71-46(35(4)26-39-20-22-43(59)47(27-39)68-9)29-44(60)34(3)25-37(6)49(50(69-10)48(61)36(5)24-32)72-54(65)70-31-40(58)30-57/h11-13,16-17,25,32,34-36,38-43,45-47,49-50,57-59,66H,14-15,18-24,26-31H2,1-10H3/t32-,34-,35-,36-,38-,39+,40?,41?,42?,43-,45+,46+,47-,49-,50+,55-/m1/s1. The summed E-state index contributed by atoms with van der Waals surface area (Å²) < 4.78 is 40.4. The maximum Gasteiger partial charge on any atom is 0.509 e. The summed E-state index contributed by atoms with van der Waals surface area (Å²) >= 11 is 0. The summed E-state index contributed by atoms with van der Waals surface area (Å²) in [5, 5.41) is 41.7. The van der Waals surface area contributed by atoms with Gasteiger partial charge in [0.1, 0.15) is 30.6 Å². The van der Waals surface area contributed by atoms with Crippen LogP contribution in [-0.4, -0.2) is 162 Å². The van der Waals surface area contributed by atoms with Crippen LogP contribution in [0.25, 0.3) is 0 Å². The Hall–Kier alpha value is -4.14. The fourth-order valence-electron chi connectivity index (χ4n) is 10.6. The van der Waals surface area contributed by atoms with Crippen molar-refractivity contribution in [3.8, 4) is 0 Å². The van der Waals surface area contributed by atoms with Gasteiger partial charge in [0.05, 0.1) is 31.0 Å². The van der Waals surface area contributed by atoms with Crippen LogP contribution in [0.2, 0.25) is 0 Å². The van der Waals surface area contributed by atoms with Crippen LogP contribution in [0, 0.1) is 35.5 Å². The van der Waals surface area contributed by atoms with E-state index in [-0.39, 0.29) is 54.8 Å². The maximum absolute atomic E-state index is 14.5. The molecule has 1 saturated carbocycles. The number of carbonyl (C=O) groups is 6. The molecule has 0 radical (unpaired) electrons. The number of carbonyl (C=O) groups excluding carboxylic acids is 6. The normalized spacial score (nSPS) is 35.3. The van der Waals surface area contributed by atoms with Crippen LogP contribution < -0.4 is 0 Å². The van der Waals surface area contributed by atoms with Gasteiger partial charge >= 0.3 is 12.1 Å². The van der Waals surface area contributed by atoms with Crippen molar-refractivity contribution in [1.82, 2.24) is 4.90 Å². The first kappa shape index (κ1) is 61.4. The quantitative estimate of drug-likeness (QED) is 0.116. The van der Waals surface area contributed by atoms with Crippen LogP contribution in [0.5, 0.6) is 0 Å². The first-order valence-electron chi connectivity index (χ1n) is 26.2. The average Bonchev–Trinajstić information content (AvgIpc) is 3.37. The van der Waals surface area contributed by atoms with Gasteiger partial charge in [-0.2, -0.15) is 0 Å². The van der Waals surface area contributed by atoms with Gasteiger partial charge in [0.15, 0.2) is 18.0 Å². The molecule has 18 heteroatoms. The fourth-order valence-corrected chi connectivity index (χ4v) is 10.6. The molecule has 3 fully saturated rings. The van der Waals surface area contributed by atoms with Crippen molar-refractivity contribution >= 4 is 35.4 Å². The van der Waals surface area contributed by atoms with Gasteiger partial charge in [0.25, 0.3) is 11.7 Å².